The van der Waals surface area contributed by atoms with Crippen molar-refractivity contribution in [2.24, 2.45) is 0 Å². The summed E-state index contributed by atoms with van der Waals surface area (Å²) in [5.41, 5.74) is 2.08. The molecule has 0 aliphatic heterocycles. The molecule has 32 heavy (non-hydrogen) atoms. The number of carbonyl (C=O) groups is 2. The first-order chi connectivity index (χ1) is 15.2. The van der Waals surface area contributed by atoms with Gasteiger partial charge in [-0.1, -0.05) is 62.4 Å². The second-order valence-electron chi connectivity index (χ2n) is 8.54. The molecule has 0 atom stereocenters. The molecule has 0 radical (unpaired) electrons. The van der Waals surface area contributed by atoms with Gasteiger partial charge in [-0.05, 0) is 55.2 Å². The number of aromatic nitrogens is 1. The number of allylic oxidation sites excluding steroid dienone is 1. The number of carbonyl (C=O) groups excluding carboxylic acids is 1. The highest BCUT2D eigenvalue weighted by Gasteiger charge is 2.29. The van der Waals surface area contributed by atoms with Crippen molar-refractivity contribution in [2.45, 2.75) is 45.8 Å². The molecule has 0 unspecified atom stereocenters. The molecule has 3 rings (SSSR count). The predicted molar refractivity (Wildman–Crippen MR) is 126 cm³/mol. The highest BCUT2D eigenvalue weighted by Crippen LogP contribution is 2.21. The summed E-state index contributed by atoms with van der Waals surface area (Å²) in [6, 6.07) is 18.7. The van der Waals surface area contributed by atoms with Crippen molar-refractivity contribution in [3.8, 4) is 5.75 Å². The summed E-state index contributed by atoms with van der Waals surface area (Å²) in [7, 11) is 0. The number of ether oxygens (including phenoxy) is 1. The Morgan fingerprint density at radius 3 is 2.44 bits per heavy atom. The zero-order valence-corrected chi connectivity index (χ0v) is 18.9. The van der Waals surface area contributed by atoms with E-state index in [-0.39, 0.29) is 5.78 Å². The highest BCUT2D eigenvalue weighted by atomic mass is 16.5. The van der Waals surface area contributed by atoms with Crippen LogP contribution >= 0.6 is 0 Å². The Hall–Kier alpha value is -3.60. The molecule has 5 nitrogen and oxygen atoms in total. The van der Waals surface area contributed by atoms with Gasteiger partial charge in [-0.3, -0.25) is 4.79 Å². The third-order valence-electron chi connectivity index (χ3n) is 5.26. The number of carboxylic acids is 1. The van der Waals surface area contributed by atoms with E-state index in [1.165, 1.54) is 19.4 Å². The van der Waals surface area contributed by atoms with E-state index >= 15 is 0 Å². The molecule has 0 saturated carbocycles. The number of benzene rings is 2. The molecular formula is C27H29NO4. The van der Waals surface area contributed by atoms with Gasteiger partial charge in [0.05, 0.1) is 5.69 Å². The Morgan fingerprint density at radius 2 is 1.78 bits per heavy atom. The fourth-order valence-electron chi connectivity index (χ4n) is 3.27. The minimum absolute atomic E-state index is 0.00925. The largest absolute Gasteiger partial charge is 0.478 e. The second-order valence-corrected chi connectivity index (χ2v) is 8.54. The van der Waals surface area contributed by atoms with E-state index in [0.717, 1.165) is 5.56 Å². The molecular weight excluding hydrogens is 402 g/mol. The van der Waals surface area contributed by atoms with Gasteiger partial charge in [0.15, 0.2) is 5.60 Å². The topological polar surface area (TPSA) is 68.5 Å². The number of hydrogen-bond acceptors (Lipinski definition) is 3. The van der Waals surface area contributed by atoms with Crippen LogP contribution in [-0.2, 0) is 11.3 Å². The van der Waals surface area contributed by atoms with E-state index < -0.39 is 11.6 Å². The molecule has 0 aliphatic rings. The van der Waals surface area contributed by atoms with Crippen LogP contribution in [0.4, 0.5) is 0 Å². The lowest BCUT2D eigenvalue weighted by Crippen LogP contribution is -2.37. The van der Waals surface area contributed by atoms with E-state index in [9.17, 15) is 14.7 Å². The molecule has 0 saturated heterocycles. The van der Waals surface area contributed by atoms with Gasteiger partial charge in [-0.2, -0.15) is 0 Å². The Kier molecular flexibility index (Phi) is 6.98. The molecule has 2 aromatic carbocycles. The highest BCUT2D eigenvalue weighted by molar-refractivity contribution is 6.08. The van der Waals surface area contributed by atoms with E-state index in [0.29, 0.717) is 29.5 Å². The standard InChI is InChI=1S/C27H29NO4/c1-19(2)21-12-14-22(15-13-21)25(29)24-11-7-17-28(24)16-6-9-20-8-5-10-23(18-20)32-27(3,4)26(30)31/h5-15,17-19H,16H2,1-4H3,(H,30,31)/b9-6+. The number of carboxylic acid groups (broad SMARTS) is 1. The van der Waals surface area contributed by atoms with Gasteiger partial charge in [0, 0.05) is 18.3 Å². The molecule has 1 N–H and O–H groups in total. The molecule has 5 heteroatoms. The minimum atomic E-state index is -1.31. The van der Waals surface area contributed by atoms with Crippen LogP contribution in [0.3, 0.4) is 0 Å². The third kappa shape index (κ3) is 5.55. The van der Waals surface area contributed by atoms with Crippen molar-refractivity contribution >= 4 is 17.8 Å². The number of aliphatic carboxylic acids is 1. The maximum Gasteiger partial charge on any atom is 0.347 e. The maximum atomic E-state index is 13.0. The summed E-state index contributed by atoms with van der Waals surface area (Å²) >= 11 is 0. The van der Waals surface area contributed by atoms with Crippen LogP contribution in [-0.4, -0.2) is 27.0 Å². The molecule has 1 aromatic heterocycles. The van der Waals surface area contributed by atoms with Crippen LogP contribution in [0.15, 0.2) is 72.9 Å². The van der Waals surface area contributed by atoms with Gasteiger partial charge in [-0.15, -0.1) is 0 Å². The van der Waals surface area contributed by atoms with E-state index in [1.54, 1.807) is 12.1 Å². The number of ketones is 1. The van der Waals surface area contributed by atoms with Crippen LogP contribution in [0.2, 0.25) is 0 Å². The Labute approximate surface area is 189 Å². The lowest BCUT2D eigenvalue weighted by atomic mass is 10.00. The van der Waals surface area contributed by atoms with Crippen LogP contribution in [0.1, 0.15) is 60.8 Å². The Balaban J connectivity index is 1.70. The van der Waals surface area contributed by atoms with Gasteiger partial charge >= 0.3 is 5.97 Å². The van der Waals surface area contributed by atoms with Crippen molar-refractivity contribution in [1.29, 1.82) is 0 Å². The van der Waals surface area contributed by atoms with Crippen LogP contribution in [0.5, 0.6) is 5.75 Å². The summed E-state index contributed by atoms with van der Waals surface area (Å²) in [4.78, 5) is 24.2. The fraction of sp³-hybridized carbons (Fsp3) is 0.259. The summed E-state index contributed by atoms with van der Waals surface area (Å²) in [6.45, 7) is 7.81. The summed E-state index contributed by atoms with van der Waals surface area (Å²) in [6.07, 6.45) is 5.77. The quantitative estimate of drug-likeness (QED) is 0.435. The van der Waals surface area contributed by atoms with Crippen molar-refractivity contribution in [2.75, 3.05) is 0 Å². The Bertz CT molecular complexity index is 1120. The normalized spacial score (nSPS) is 11.8. The van der Waals surface area contributed by atoms with Crippen LogP contribution in [0.25, 0.3) is 6.08 Å². The maximum absolute atomic E-state index is 13.0. The molecule has 1 heterocycles. The van der Waals surface area contributed by atoms with Crippen molar-refractivity contribution in [3.05, 3.63) is 95.3 Å². The second kappa shape index (κ2) is 9.69. The lowest BCUT2D eigenvalue weighted by Gasteiger charge is -2.21. The zero-order chi connectivity index (χ0) is 23.3. The fourth-order valence-corrected chi connectivity index (χ4v) is 3.27. The number of rotatable bonds is 9. The minimum Gasteiger partial charge on any atom is -0.478 e. The first-order valence-electron chi connectivity index (χ1n) is 10.7. The average Bonchev–Trinajstić information content (AvgIpc) is 3.21. The molecule has 0 amide bonds. The summed E-state index contributed by atoms with van der Waals surface area (Å²) < 4.78 is 7.50. The lowest BCUT2D eigenvalue weighted by molar-refractivity contribution is -0.152. The molecule has 0 spiro atoms. The molecule has 166 valence electrons. The summed E-state index contributed by atoms with van der Waals surface area (Å²) in [5, 5.41) is 9.24. The third-order valence-corrected chi connectivity index (χ3v) is 5.26. The first kappa shape index (κ1) is 23.1. The van der Waals surface area contributed by atoms with Gasteiger partial charge < -0.3 is 14.4 Å². The van der Waals surface area contributed by atoms with Crippen LogP contribution in [0, 0.1) is 0 Å². The number of nitrogens with zero attached hydrogens (tertiary/aromatic N) is 1. The van der Waals surface area contributed by atoms with E-state index in [2.05, 4.69) is 13.8 Å². The van der Waals surface area contributed by atoms with Crippen molar-refractivity contribution in [3.63, 3.8) is 0 Å². The van der Waals surface area contributed by atoms with Crippen molar-refractivity contribution < 1.29 is 19.4 Å². The smallest absolute Gasteiger partial charge is 0.347 e. The first-order valence-corrected chi connectivity index (χ1v) is 10.7. The van der Waals surface area contributed by atoms with Crippen molar-refractivity contribution in [1.82, 2.24) is 4.57 Å². The van der Waals surface area contributed by atoms with E-state index in [1.807, 2.05) is 71.4 Å². The van der Waals surface area contributed by atoms with Gasteiger partial charge in [0.1, 0.15) is 5.75 Å². The van der Waals surface area contributed by atoms with Gasteiger partial charge in [-0.25, -0.2) is 4.79 Å². The predicted octanol–water partition coefficient (Wildman–Crippen LogP) is 5.80. The van der Waals surface area contributed by atoms with E-state index in [4.69, 9.17) is 4.74 Å². The number of hydrogen-bond donors (Lipinski definition) is 1. The SMILES string of the molecule is CC(C)c1ccc(C(=O)c2cccn2C/C=C/c2cccc(OC(C)(C)C(=O)O)c2)cc1. The van der Waals surface area contributed by atoms with Gasteiger partial charge in [0.25, 0.3) is 0 Å². The van der Waals surface area contributed by atoms with Crippen LogP contribution < -0.4 is 4.74 Å². The molecule has 0 fully saturated rings. The zero-order valence-electron chi connectivity index (χ0n) is 18.9. The molecule has 0 bridgehead atoms. The monoisotopic (exact) mass is 431 g/mol. The summed E-state index contributed by atoms with van der Waals surface area (Å²) in [5.74, 6) is -0.124. The Morgan fingerprint density at radius 1 is 1.06 bits per heavy atom. The average molecular weight is 432 g/mol. The molecule has 3 aromatic rings. The molecule has 0 aliphatic carbocycles. The van der Waals surface area contributed by atoms with Gasteiger partial charge in [0.2, 0.25) is 5.78 Å².